The van der Waals surface area contributed by atoms with Crippen molar-refractivity contribution in [3.63, 3.8) is 0 Å². The maximum Gasteiger partial charge on any atom is 0.137 e. The van der Waals surface area contributed by atoms with Crippen molar-refractivity contribution in [2.24, 2.45) is 0 Å². The van der Waals surface area contributed by atoms with Gasteiger partial charge in [-0.15, -0.1) is 0 Å². The molecule has 0 fully saturated rings. The number of fused-ring (bicyclic) bond motifs is 1. The number of para-hydroxylation sites is 4. The molecule has 1 aromatic heterocycles. The SMILES string of the molecule is OCc1nc2ccccc2n1CN(c1ccccc1)c1ccccc1. The van der Waals surface area contributed by atoms with E-state index in [1.807, 2.05) is 60.7 Å². The molecule has 25 heavy (non-hydrogen) atoms. The van der Waals surface area contributed by atoms with E-state index in [0.29, 0.717) is 12.5 Å². The maximum absolute atomic E-state index is 9.77. The van der Waals surface area contributed by atoms with Crippen LogP contribution in [0.2, 0.25) is 0 Å². The molecule has 0 saturated carbocycles. The lowest BCUT2D eigenvalue weighted by molar-refractivity contribution is 0.266. The predicted molar refractivity (Wildman–Crippen MR) is 101 cm³/mol. The van der Waals surface area contributed by atoms with Crippen LogP contribution in [0.25, 0.3) is 11.0 Å². The van der Waals surface area contributed by atoms with Crippen LogP contribution in [-0.4, -0.2) is 14.7 Å². The quantitative estimate of drug-likeness (QED) is 0.593. The number of hydrogen-bond acceptors (Lipinski definition) is 3. The number of nitrogens with zero attached hydrogens (tertiary/aromatic N) is 3. The first-order valence-electron chi connectivity index (χ1n) is 8.29. The zero-order chi connectivity index (χ0) is 17.1. The second-order valence-corrected chi connectivity index (χ2v) is 5.84. The summed E-state index contributed by atoms with van der Waals surface area (Å²) in [4.78, 5) is 6.77. The summed E-state index contributed by atoms with van der Waals surface area (Å²) >= 11 is 0. The molecule has 0 bridgehead atoms. The normalized spacial score (nSPS) is 10.9. The van der Waals surface area contributed by atoms with Crippen LogP contribution in [0.1, 0.15) is 5.82 Å². The molecular formula is C21H19N3O. The third-order valence-electron chi connectivity index (χ3n) is 4.29. The molecule has 4 nitrogen and oxygen atoms in total. The Morgan fingerprint density at radius 1 is 0.760 bits per heavy atom. The van der Waals surface area contributed by atoms with Gasteiger partial charge < -0.3 is 14.6 Å². The number of imidazole rings is 1. The molecule has 4 heteroatoms. The molecule has 0 unspecified atom stereocenters. The highest BCUT2D eigenvalue weighted by molar-refractivity contribution is 5.76. The van der Waals surface area contributed by atoms with Crippen molar-refractivity contribution in [3.05, 3.63) is 90.8 Å². The first-order chi connectivity index (χ1) is 12.4. The van der Waals surface area contributed by atoms with E-state index in [-0.39, 0.29) is 6.61 Å². The average molecular weight is 329 g/mol. The summed E-state index contributed by atoms with van der Waals surface area (Å²) in [6.07, 6.45) is 0. The number of anilines is 2. The summed E-state index contributed by atoms with van der Waals surface area (Å²) in [6, 6.07) is 28.5. The minimum absolute atomic E-state index is 0.0912. The van der Waals surface area contributed by atoms with Crippen LogP contribution in [0, 0.1) is 0 Å². The van der Waals surface area contributed by atoms with Gasteiger partial charge in [0.15, 0.2) is 0 Å². The molecule has 0 amide bonds. The van der Waals surface area contributed by atoms with Gasteiger partial charge in [0, 0.05) is 11.4 Å². The lowest BCUT2D eigenvalue weighted by atomic mass is 10.2. The molecule has 0 aliphatic rings. The van der Waals surface area contributed by atoms with Gasteiger partial charge >= 0.3 is 0 Å². The molecule has 0 aliphatic carbocycles. The maximum atomic E-state index is 9.77. The second kappa shape index (κ2) is 6.79. The highest BCUT2D eigenvalue weighted by atomic mass is 16.3. The fourth-order valence-electron chi connectivity index (χ4n) is 3.07. The van der Waals surface area contributed by atoms with E-state index in [1.54, 1.807) is 0 Å². The number of rotatable bonds is 5. The van der Waals surface area contributed by atoms with Crippen LogP contribution < -0.4 is 4.90 Å². The van der Waals surface area contributed by atoms with Crippen LogP contribution in [0.15, 0.2) is 84.9 Å². The Bertz CT molecular complexity index is 925. The first-order valence-corrected chi connectivity index (χ1v) is 8.29. The Kier molecular flexibility index (Phi) is 4.19. The molecular weight excluding hydrogens is 310 g/mol. The minimum Gasteiger partial charge on any atom is -0.388 e. The van der Waals surface area contributed by atoms with E-state index < -0.39 is 0 Å². The van der Waals surface area contributed by atoms with Crippen LogP contribution in [-0.2, 0) is 13.3 Å². The van der Waals surface area contributed by atoms with Gasteiger partial charge in [0.25, 0.3) is 0 Å². The van der Waals surface area contributed by atoms with Gasteiger partial charge in [-0.3, -0.25) is 0 Å². The number of aliphatic hydroxyl groups excluding tert-OH is 1. The number of benzene rings is 3. The molecule has 0 spiro atoms. The van der Waals surface area contributed by atoms with E-state index in [9.17, 15) is 5.11 Å². The summed E-state index contributed by atoms with van der Waals surface area (Å²) in [5.41, 5.74) is 4.10. The Labute approximate surface area is 146 Å². The van der Waals surface area contributed by atoms with Crippen molar-refractivity contribution in [1.29, 1.82) is 0 Å². The zero-order valence-corrected chi connectivity index (χ0v) is 13.8. The summed E-state index contributed by atoms with van der Waals surface area (Å²) in [7, 11) is 0. The Morgan fingerprint density at radius 3 is 1.92 bits per heavy atom. The molecule has 0 atom stereocenters. The van der Waals surface area contributed by atoms with Gasteiger partial charge in [0.05, 0.1) is 11.0 Å². The standard InChI is InChI=1S/C21H19N3O/c25-15-21-22-19-13-7-8-14-20(19)24(21)16-23(17-9-3-1-4-10-17)18-11-5-2-6-12-18/h1-14,25H,15-16H2. The zero-order valence-electron chi connectivity index (χ0n) is 13.8. The van der Waals surface area contributed by atoms with Crippen molar-refractivity contribution in [2.75, 3.05) is 4.90 Å². The van der Waals surface area contributed by atoms with Crippen molar-refractivity contribution in [3.8, 4) is 0 Å². The molecule has 0 aliphatic heterocycles. The van der Waals surface area contributed by atoms with Crippen molar-refractivity contribution < 1.29 is 5.11 Å². The molecule has 1 heterocycles. The average Bonchev–Trinajstić information content (AvgIpc) is 3.05. The van der Waals surface area contributed by atoms with Gasteiger partial charge in [-0.05, 0) is 36.4 Å². The topological polar surface area (TPSA) is 41.3 Å². The minimum atomic E-state index is -0.0912. The molecule has 1 N–H and O–H groups in total. The first kappa shape index (κ1) is 15.4. The fourth-order valence-corrected chi connectivity index (χ4v) is 3.07. The van der Waals surface area contributed by atoms with E-state index in [4.69, 9.17) is 0 Å². The number of aromatic nitrogens is 2. The summed E-state index contributed by atoms with van der Waals surface area (Å²) in [5.74, 6) is 0.665. The third kappa shape index (κ3) is 2.99. The van der Waals surface area contributed by atoms with E-state index in [2.05, 4.69) is 38.7 Å². The molecule has 0 radical (unpaired) electrons. The van der Waals surface area contributed by atoms with Crippen LogP contribution >= 0.6 is 0 Å². The lowest BCUT2D eigenvalue weighted by Crippen LogP contribution is -2.22. The lowest BCUT2D eigenvalue weighted by Gasteiger charge is -2.26. The summed E-state index contributed by atoms with van der Waals surface area (Å²) in [5, 5.41) is 9.77. The second-order valence-electron chi connectivity index (χ2n) is 5.84. The smallest absolute Gasteiger partial charge is 0.137 e. The van der Waals surface area contributed by atoms with Gasteiger partial charge in [-0.25, -0.2) is 4.98 Å². The van der Waals surface area contributed by atoms with E-state index in [1.165, 1.54) is 0 Å². The summed E-state index contributed by atoms with van der Waals surface area (Å²) in [6.45, 7) is 0.483. The van der Waals surface area contributed by atoms with Gasteiger partial charge in [0.1, 0.15) is 19.1 Å². The predicted octanol–water partition coefficient (Wildman–Crippen LogP) is 4.32. The van der Waals surface area contributed by atoms with E-state index in [0.717, 1.165) is 22.4 Å². The fraction of sp³-hybridized carbons (Fsp3) is 0.0952. The Balaban J connectivity index is 1.82. The van der Waals surface area contributed by atoms with Crippen molar-refractivity contribution in [1.82, 2.24) is 9.55 Å². The Morgan fingerprint density at radius 2 is 1.32 bits per heavy atom. The summed E-state index contributed by atoms with van der Waals surface area (Å²) < 4.78 is 2.06. The molecule has 4 aromatic rings. The molecule has 0 saturated heterocycles. The van der Waals surface area contributed by atoms with Gasteiger partial charge in [-0.1, -0.05) is 48.5 Å². The third-order valence-corrected chi connectivity index (χ3v) is 4.29. The van der Waals surface area contributed by atoms with Crippen molar-refractivity contribution >= 4 is 22.4 Å². The molecule has 124 valence electrons. The number of aliphatic hydroxyl groups is 1. The largest absolute Gasteiger partial charge is 0.388 e. The molecule has 3 aromatic carbocycles. The van der Waals surface area contributed by atoms with Crippen LogP contribution in [0.5, 0.6) is 0 Å². The van der Waals surface area contributed by atoms with Crippen LogP contribution in [0.3, 0.4) is 0 Å². The van der Waals surface area contributed by atoms with Crippen LogP contribution in [0.4, 0.5) is 11.4 Å². The highest BCUT2D eigenvalue weighted by Gasteiger charge is 2.15. The van der Waals surface area contributed by atoms with E-state index >= 15 is 0 Å². The number of hydrogen-bond donors (Lipinski definition) is 1. The molecule has 4 rings (SSSR count). The highest BCUT2D eigenvalue weighted by Crippen LogP contribution is 2.27. The van der Waals surface area contributed by atoms with Gasteiger partial charge in [0.2, 0.25) is 0 Å². The Hall–Kier alpha value is -3.11. The van der Waals surface area contributed by atoms with Crippen molar-refractivity contribution in [2.45, 2.75) is 13.3 Å². The van der Waals surface area contributed by atoms with Gasteiger partial charge in [-0.2, -0.15) is 0 Å². The monoisotopic (exact) mass is 329 g/mol.